The molecule has 0 nitrogen and oxygen atoms in total. The van der Waals surface area contributed by atoms with Crippen LogP contribution in [0, 0.1) is 0 Å². The summed E-state index contributed by atoms with van der Waals surface area (Å²) in [5, 5.41) is 0. The Morgan fingerprint density at radius 1 is 0.568 bits per heavy atom. The minimum atomic E-state index is 1.25. The number of allylic oxidation sites excluding steroid dienone is 7. The van der Waals surface area contributed by atoms with Crippen LogP contribution in [0.3, 0.4) is 0 Å². The molecule has 0 aromatic rings. The SMILES string of the molecule is C/C=C\C(CCCCC)=C(C)C.C=C.C=C.C=C/C=C/C.CC.CCC.CCC.CCCC.CCCC. The van der Waals surface area contributed by atoms with E-state index >= 15 is 0 Å². The second-order valence-corrected chi connectivity index (χ2v) is 7.66. The molecule has 0 N–H and O–H groups in total. The highest BCUT2D eigenvalue weighted by Crippen LogP contribution is 2.14. The topological polar surface area (TPSA) is 0 Å². The Hall–Kier alpha value is -1.56. The highest BCUT2D eigenvalue weighted by atomic mass is 14.0. The largest absolute Gasteiger partial charge is 0.106 e. The van der Waals surface area contributed by atoms with Crippen LogP contribution in [0.5, 0.6) is 0 Å². The highest BCUT2D eigenvalue weighted by molar-refractivity contribution is 5.22. The van der Waals surface area contributed by atoms with Crippen LogP contribution in [0.1, 0.15) is 168 Å². The molecule has 0 atom stereocenters. The number of unbranched alkanes of at least 4 members (excludes halogenated alkanes) is 4. The summed E-state index contributed by atoms with van der Waals surface area (Å²) >= 11 is 0. The van der Waals surface area contributed by atoms with Crippen molar-refractivity contribution in [1.29, 1.82) is 0 Å². The number of hydrogen-bond acceptors (Lipinski definition) is 0. The van der Waals surface area contributed by atoms with Crippen LogP contribution < -0.4 is 0 Å². The minimum absolute atomic E-state index is 1.25. The van der Waals surface area contributed by atoms with E-state index in [2.05, 4.69) is 128 Å². The molecule has 0 spiro atoms. The van der Waals surface area contributed by atoms with Crippen molar-refractivity contribution >= 4 is 0 Å². The van der Waals surface area contributed by atoms with Gasteiger partial charge in [-0.25, -0.2) is 0 Å². The van der Waals surface area contributed by atoms with Crippen LogP contribution in [-0.2, 0) is 0 Å². The van der Waals surface area contributed by atoms with E-state index in [-0.39, 0.29) is 0 Å². The van der Waals surface area contributed by atoms with Gasteiger partial charge in [0.05, 0.1) is 0 Å². The lowest BCUT2D eigenvalue weighted by atomic mass is 10.0. The molecular weight excluding hydrogens is 444 g/mol. The van der Waals surface area contributed by atoms with Crippen LogP contribution in [-0.4, -0.2) is 0 Å². The van der Waals surface area contributed by atoms with Gasteiger partial charge in [-0.3, -0.25) is 0 Å². The summed E-state index contributed by atoms with van der Waals surface area (Å²) in [6.45, 7) is 47.4. The maximum atomic E-state index is 3.46. The average Bonchev–Trinajstić information content (AvgIpc) is 2.93. The summed E-state index contributed by atoms with van der Waals surface area (Å²) in [7, 11) is 0. The molecule has 0 heterocycles. The molecule has 228 valence electrons. The molecule has 0 heteroatoms. The summed E-state index contributed by atoms with van der Waals surface area (Å²) < 4.78 is 0. The Bertz CT molecular complexity index is 338. The second-order valence-electron chi connectivity index (χ2n) is 7.66. The van der Waals surface area contributed by atoms with Crippen molar-refractivity contribution in [1.82, 2.24) is 0 Å². The van der Waals surface area contributed by atoms with Gasteiger partial charge in [0.25, 0.3) is 0 Å². The molecule has 0 aromatic carbocycles. The summed E-state index contributed by atoms with van der Waals surface area (Å²) in [4.78, 5) is 0. The van der Waals surface area contributed by atoms with Gasteiger partial charge in [-0.15, -0.1) is 26.3 Å². The first kappa shape index (κ1) is 60.1. The maximum Gasteiger partial charge on any atom is -0.0280 e. The van der Waals surface area contributed by atoms with E-state index in [1.807, 2.05) is 32.9 Å². The molecule has 0 unspecified atom stereocenters. The normalized spacial score (nSPS) is 7.65. The van der Waals surface area contributed by atoms with E-state index in [1.165, 1.54) is 75.4 Å². The zero-order chi connectivity index (χ0) is 31.8. The summed E-state index contributed by atoms with van der Waals surface area (Å²) in [5.41, 5.74) is 2.98. The van der Waals surface area contributed by atoms with Gasteiger partial charge in [0.2, 0.25) is 0 Å². The molecule has 0 aromatic heterocycles. The molecule has 0 aliphatic heterocycles. The van der Waals surface area contributed by atoms with E-state index in [9.17, 15) is 0 Å². The highest BCUT2D eigenvalue weighted by Gasteiger charge is 1.94. The van der Waals surface area contributed by atoms with Gasteiger partial charge in [-0.2, -0.15) is 0 Å². The predicted octanol–water partition coefficient (Wildman–Crippen LogP) is 15.3. The first-order chi connectivity index (χ1) is 17.8. The lowest BCUT2D eigenvalue weighted by Crippen LogP contribution is -1.83. The summed E-state index contributed by atoms with van der Waals surface area (Å²) in [6.07, 6.45) is 23.0. The van der Waals surface area contributed by atoms with Crippen molar-refractivity contribution in [3.8, 4) is 0 Å². The number of hydrogen-bond donors (Lipinski definition) is 0. The van der Waals surface area contributed by atoms with Crippen LogP contribution in [0.2, 0.25) is 0 Å². The summed E-state index contributed by atoms with van der Waals surface area (Å²) in [5.74, 6) is 0. The molecule has 0 amide bonds. The monoisotopic (exact) mass is 525 g/mol. The van der Waals surface area contributed by atoms with Crippen LogP contribution in [0.4, 0.5) is 0 Å². The fourth-order valence-electron chi connectivity index (χ4n) is 1.40. The Kier molecular flexibility index (Phi) is 166. The first-order valence-electron chi connectivity index (χ1n) is 15.3. The average molecular weight is 525 g/mol. The van der Waals surface area contributed by atoms with E-state index < -0.39 is 0 Å². The van der Waals surface area contributed by atoms with Gasteiger partial charge in [-0.1, -0.05) is 170 Å². The molecular formula is C37H80. The van der Waals surface area contributed by atoms with Crippen molar-refractivity contribution in [2.24, 2.45) is 0 Å². The van der Waals surface area contributed by atoms with Crippen LogP contribution >= 0.6 is 0 Å². The molecule has 37 heavy (non-hydrogen) atoms. The Morgan fingerprint density at radius 2 is 0.892 bits per heavy atom. The van der Waals surface area contributed by atoms with Gasteiger partial charge < -0.3 is 0 Å². The Balaban J connectivity index is -0.0000000380. The zero-order valence-corrected chi connectivity index (χ0v) is 29.5. The molecule has 0 bridgehead atoms. The van der Waals surface area contributed by atoms with Crippen molar-refractivity contribution in [3.05, 3.63) is 74.4 Å². The molecule has 0 fully saturated rings. The molecule has 0 aliphatic rings. The smallest absolute Gasteiger partial charge is 0.0280 e. The maximum absolute atomic E-state index is 3.46. The van der Waals surface area contributed by atoms with E-state index in [0.717, 1.165) is 0 Å². The fourth-order valence-corrected chi connectivity index (χ4v) is 1.40. The number of rotatable bonds is 8. The third-order valence-electron chi connectivity index (χ3n) is 3.39. The summed E-state index contributed by atoms with van der Waals surface area (Å²) in [6, 6.07) is 0. The standard InChI is InChI=1S/C12H22.C5H8.2C4H10.2C3H8.C2H6.2C2H4/c1-5-7-8-10-12(9-6-2)11(3)4;1-3-5-4-2;2*1-3-4-2;2*1-3-2;3*1-2/h6,9H,5,7-8,10H2,1-4H3;3-5H,1H2,2H3;2*3-4H2,1-2H3;2*3H2,1-2H3;1-2H3;2*1-2H2/b9-6-;5-4+;;;;;;;. The van der Waals surface area contributed by atoms with Crippen molar-refractivity contribution in [3.63, 3.8) is 0 Å². The molecule has 0 saturated carbocycles. The van der Waals surface area contributed by atoms with Crippen molar-refractivity contribution in [2.75, 3.05) is 0 Å². The van der Waals surface area contributed by atoms with Crippen LogP contribution in [0.25, 0.3) is 0 Å². The second kappa shape index (κ2) is 102. The first-order valence-corrected chi connectivity index (χ1v) is 15.3. The molecule has 0 aliphatic carbocycles. The third kappa shape index (κ3) is 174. The van der Waals surface area contributed by atoms with Crippen molar-refractivity contribution in [2.45, 2.75) is 168 Å². The zero-order valence-electron chi connectivity index (χ0n) is 29.5. The van der Waals surface area contributed by atoms with E-state index in [4.69, 9.17) is 0 Å². The van der Waals surface area contributed by atoms with Gasteiger partial charge in [0, 0.05) is 0 Å². The minimum Gasteiger partial charge on any atom is -0.106 e. The van der Waals surface area contributed by atoms with E-state index in [1.54, 1.807) is 6.08 Å². The van der Waals surface area contributed by atoms with Gasteiger partial charge in [-0.05, 0) is 46.1 Å². The quantitative estimate of drug-likeness (QED) is 0.168. The van der Waals surface area contributed by atoms with Gasteiger partial charge >= 0.3 is 0 Å². The molecule has 0 rings (SSSR count). The Morgan fingerprint density at radius 3 is 1.03 bits per heavy atom. The Labute approximate surface area is 242 Å². The van der Waals surface area contributed by atoms with E-state index in [0.29, 0.717) is 0 Å². The predicted molar refractivity (Wildman–Crippen MR) is 189 cm³/mol. The molecule has 0 radical (unpaired) electrons. The van der Waals surface area contributed by atoms with Crippen LogP contribution in [0.15, 0.2) is 74.4 Å². The van der Waals surface area contributed by atoms with Gasteiger partial charge in [0.1, 0.15) is 0 Å². The van der Waals surface area contributed by atoms with Crippen molar-refractivity contribution < 1.29 is 0 Å². The third-order valence-corrected chi connectivity index (χ3v) is 3.39. The lowest BCUT2D eigenvalue weighted by Gasteiger charge is -2.03. The fraction of sp³-hybridized carbons (Fsp3) is 0.676. The lowest BCUT2D eigenvalue weighted by molar-refractivity contribution is 0.716. The molecule has 0 saturated heterocycles. The van der Waals surface area contributed by atoms with Gasteiger partial charge in [0.15, 0.2) is 0 Å².